The minimum absolute atomic E-state index is 0.0827. The summed E-state index contributed by atoms with van der Waals surface area (Å²) < 4.78 is 43.3. The van der Waals surface area contributed by atoms with Crippen LogP contribution in [-0.4, -0.2) is 15.3 Å². The summed E-state index contributed by atoms with van der Waals surface area (Å²) in [7, 11) is 0. The van der Waals surface area contributed by atoms with Gasteiger partial charge < -0.3 is 14.8 Å². The molecule has 0 saturated carbocycles. The monoisotopic (exact) mass is 409 g/mol. The second-order valence-corrected chi connectivity index (χ2v) is 5.37. The molecule has 0 bridgehead atoms. The summed E-state index contributed by atoms with van der Waals surface area (Å²) in [6.45, 7) is 9.50. The molecule has 0 aliphatic carbocycles. The van der Waals surface area contributed by atoms with Gasteiger partial charge in [-0.3, -0.25) is 0 Å². The third kappa shape index (κ3) is 6.60. The van der Waals surface area contributed by atoms with Crippen molar-refractivity contribution in [3.8, 4) is 11.5 Å². The molecule has 1 aromatic heterocycles. The van der Waals surface area contributed by atoms with Crippen LogP contribution in [0.3, 0.4) is 0 Å². The normalized spacial score (nSPS) is 11.5. The van der Waals surface area contributed by atoms with Crippen LogP contribution in [0, 0.1) is 0 Å². The van der Waals surface area contributed by atoms with Gasteiger partial charge in [-0.25, -0.2) is 0 Å². The van der Waals surface area contributed by atoms with Gasteiger partial charge in [-0.1, -0.05) is 39.8 Å². The van der Waals surface area contributed by atoms with Gasteiger partial charge in [0.25, 0.3) is 0 Å². The van der Waals surface area contributed by atoms with E-state index in [1.54, 1.807) is 24.3 Å². The van der Waals surface area contributed by atoms with E-state index in [1.165, 1.54) is 19.1 Å². The van der Waals surface area contributed by atoms with Crippen molar-refractivity contribution in [1.82, 2.24) is 10.2 Å². The summed E-state index contributed by atoms with van der Waals surface area (Å²) in [6, 6.07) is 11.7. The van der Waals surface area contributed by atoms with Crippen LogP contribution in [0.5, 0.6) is 0 Å². The van der Waals surface area contributed by atoms with Crippen LogP contribution in [0.15, 0.2) is 52.9 Å². The summed E-state index contributed by atoms with van der Waals surface area (Å²) in [5, 5.41) is 20.2. The first-order valence-electron chi connectivity index (χ1n) is 9.40. The van der Waals surface area contributed by atoms with Crippen molar-refractivity contribution < 1.29 is 22.7 Å². The lowest BCUT2D eigenvalue weighted by atomic mass is 10.1. The predicted molar refractivity (Wildman–Crippen MR) is 108 cm³/mol. The van der Waals surface area contributed by atoms with Crippen LogP contribution < -0.4 is 5.32 Å². The van der Waals surface area contributed by atoms with E-state index in [0.717, 1.165) is 12.1 Å². The first-order valence-corrected chi connectivity index (χ1v) is 9.40. The van der Waals surface area contributed by atoms with E-state index in [0.29, 0.717) is 16.9 Å². The fraction of sp³-hybridized carbons (Fsp3) is 0.333. The number of anilines is 2. The van der Waals surface area contributed by atoms with Gasteiger partial charge >= 0.3 is 6.18 Å². The Labute approximate surface area is 168 Å². The molecule has 0 aliphatic rings. The van der Waals surface area contributed by atoms with Gasteiger partial charge in [-0.05, 0) is 43.3 Å². The van der Waals surface area contributed by atoms with Crippen LogP contribution in [0.2, 0.25) is 0 Å². The Hall–Kier alpha value is -2.87. The van der Waals surface area contributed by atoms with E-state index in [4.69, 9.17) is 4.42 Å². The van der Waals surface area contributed by atoms with Gasteiger partial charge in [0.1, 0.15) is 6.10 Å². The highest BCUT2D eigenvalue weighted by molar-refractivity contribution is 5.76. The molecule has 1 atom stereocenters. The molecule has 2 N–H and O–H groups in total. The average Bonchev–Trinajstić information content (AvgIpc) is 3.22. The predicted octanol–water partition coefficient (Wildman–Crippen LogP) is 6.60. The molecule has 8 heteroatoms. The number of rotatable bonds is 4. The van der Waals surface area contributed by atoms with Crippen molar-refractivity contribution in [2.45, 2.75) is 46.9 Å². The lowest BCUT2D eigenvalue weighted by Gasteiger charge is -2.11. The van der Waals surface area contributed by atoms with Gasteiger partial charge in [-0.2, -0.15) is 13.2 Å². The van der Waals surface area contributed by atoms with E-state index < -0.39 is 17.8 Å². The number of alkyl halides is 3. The van der Waals surface area contributed by atoms with Crippen molar-refractivity contribution in [2.75, 3.05) is 5.32 Å². The van der Waals surface area contributed by atoms with Crippen molar-refractivity contribution in [3.63, 3.8) is 0 Å². The Morgan fingerprint density at radius 1 is 0.931 bits per heavy atom. The molecule has 2 aromatic carbocycles. The summed E-state index contributed by atoms with van der Waals surface area (Å²) in [4.78, 5) is 0. The van der Waals surface area contributed by atoms with Crippen molar-refractivity contribution in [3.05, 3.63) is 60.0 Å². The number of hydrogen-bond donors (Lipinski definition) is 2. The molecule has 3 rings (SSSR count). The Bertz CT molecular complexity index is 860. The van der Waals surface area contributed by atoms with Gasteiger partial charge in [0.05, 0.1) is 16.8 Å². The first-order chi connectivity index (χ1) is 13.8. The molecule has 0 spiro atoms. The fourth-order valence-electron chi connectivity index (χ4n) is 2.19. The molecule has 0 fully saturated rings. The molecule has 1 unspecified atom stereocenters. The van der Waals surface area contributed by atoms with Crippen LogP contribution in [0.25, 0.3) is 11.5 Å². The number of nitrogens with zero attached hydrogens (tertiary/aromatic N) is 2. The maximum atomic E-state index is 12.6. The number of hydrogen-bond acceptors (Lipinski definition) is 5. The van der Waals surface area contributed by atoms with Gasteiger partial charge in [0.2, 0.25) is 11.8 Å². The van der Waals surface area contributed by atoms with Gasteiger partial charge in [0.15, 0.2) is 0 Å². The highest BCUT2D eigenvalue weighted by atomic mass is 19.4. The third-order valence-corrected chi connectivity index (χ3v) is 3.45. The first kappa shape index (κ1) is 24.2. The molecule has 1 heterocycles. The lowest BCUT2D eigenvalue weighted by Crippen LogP contribution is -2.04. The maximum Gasteiger partial charge on any atom is 0.416 e. The largest absolute Gasteiger partial charge is 0.418 e. The number of benzene rings is 2. The highest BCUT2D eigenvalue weighted by Crippen LogP contribution is 2.32. The molecule has 0 aliphatic heterocycles. The van der Waals surface area contributed by atoms with Gasteiger partial charge in [0, 0.05) is 5.69 Å². The molecule has 29 heavy (non-hydrogen) atoms. The zero-order valence-corrected chi connectivity index (χ0v) is 17.1. The Morgan fingerprint density at radius 2 is 1.52 bits per heavy atom. The molecule has 0 saturated heterocycles. The molecular formula is C21H26F3N3O2. The van der Waals surface area contributed by atoms with Crippen LogP contribution in [0.4, 0.5) is 24.5 Å². The highest BCUT2D eigenvalue weighted by Gasteiger charge is 2.30. The quantitative estimate of drug-likeness (QED) is 0.508. The fourth-order valence-corrected chi connectivity index (χ4v) is 2.19. The van der Waals surface area contributed by atoms with E-state index in [2.05, 4.69) is 15.5 Å². The minimum Gasteiger partial charge on any atom is -0.418 e. The zero-order chi connectivity index (χ0) is 22.0. The van der Waals surface area contributed by atoms with Crippen LogP contribution in [-0.2, 0) is 6.18 Å². The smallest absolute Gasteiger partial charge is 0.416 e. The van der Waals surface area contributed by atoms with E-state index in [9.17, 15) is 18.3 Å². The second-order valence-electron chi connectivity index (χ2n) is 5.37. The van der Waals surface area contributed by atoms with E-state index in [1.807, 2.05) is 27.7 Å². The minimum atomic E-state index is -4.38. The summed E-state index contributed by atoms with van der Waals surface area (Å²) in [6.07, 6.45) is -5.27. The molecule has 5 nitrogen and oxygen atoms in total. The van der Waals surface area contributed by atoms with Crippen molar-refractivity contribution in [2.24, 2.45) is 0 Å². The molecule has 0 radical (unpaired) electrons. The average molecular weight is 409 g/mol. The number of aromatic nitrogens is 2. The topological polar surface area (TPSA) is 71.2 Å². The van der Waals surface area contributed by atoms with Crippen molar-refractivity contribution in [1.29, 1.82) is 0 Å². The Morgan fingerprint density at radius 3 is 2.03 bits per heavy atom. The number of para-hydroxylation sites is 1. The lowest BCUT2D eigenvalue weighted by molar-refractivity contribution is -0.137. The van der Waals surface area contributed by atoms with Crippen LogP contribution >= 0.6 is 0 Å². The summed E-state index contributed by atoms with van der Waals surface area (Å²) >= 11 is 0. The standard InChI is InChI=1S/C17H14F3N3O2.2C2H6/c1-10(24)15-22-23-16(25-15)13-4-2-3-5-14(13)21-12-8-6-11(7-9-12)17(18,19)20;2*1-2/h2-10,21,24H,1H3;2*1-2H3. The molecule has 0 amide bonds. The molecule has 3 aromatic rings. The molecular weight excluding hydrogens is 383 g/mol. The number of aliphatic hydroxyl groups excluding tert-OH is 1. The number of nitrogens with one attached hydrogen (secondary N) is 1. The second kappa shape index (κ2) is 11.2. The van der Waals surface area contributed by atoms with Crippen molar-refractivity contribution >= 4 is 11.4 Å². The Balaban J connectivity index is 0.000000989. The third-order valence-electron chi connectivity index (χ3n) is 3.45. The SMILES string of the molecule is CC.CC.CC(O)c1nnc(-c2ccccc2Nc2ccc(C(F)(F)F)cc2)o1. The van der Waals surface area contributed by atoms with E-state index in [-0.39, 0.29) is 11.8 Å². The Kier molecular flexibility index (Phi) is 9.34. The van der Waals surface area contributed by atoms with Crippen LogP contribution in [0.1, 0.15) is 52.2 Å². The molecule has 158 valence electrons. The summed E-state index contributed by atoms with van der Waals surface area (Å²) in [5.74, 6) is 0.283. The van der Waals surface area contributed by atoms with Gasteiger partial charge in [-0.15, -0.1) is 10.2 Å². The summed E-state index contributed by atoms with van der Waals surface area (Å²) in [5.41, 5.74) is 0.922. The maximum absolute atomic E-state index is 12.6. The van der Waals surface area contributed by atoms with E-state index >= 15 is 0 Å². The number of halogens is 3. The number of aliphatic hydroxyl groups is 1. The zero-order valence-electron chi connectivity index (χ0n) is 17.1.